The van der Waals surface area contributed by atoms with Crippen LogP contribution in [-0.4, -0.2) is 0 Å². The summed E-state index contributed by atoms with van der Waals surface area (Å²) in [6.45, 7) is 4.13. The van der Waals surface area contributed by atoms with E-state index in [4.69, 9.17) is 0 Å². The van der Waals surface area contributed by atoms with Gasteiger partial charge in [-0.1, -0.05) is 44.9 Å². The zero-order chi connectivity index (χ0) is 12.9. The number of alkyl halides is 3. The van der Waals surface area contributed by atoms with Crippen LogP contribution in [0.25, 0.3) is 0 Å². The molecule has 0 nitrogen and oxygen atoms in total. The van der Waals surface area contributed by atoms with E-state index >= 15 is 0 Å². The summed E-state index contributed by atoms with van der Waals surface area (Å²) < 4.78 is 37.8. The molecule has 0 saturated carbocycles. The Morgan fingerprint density at radius 1 is 1.06 bits per heavy atom. The first kappa shape index (κ1) is 14.1. The van der Waals surface area contributed by atoms with Gasteiger partial charge in [0.05, 0.1) is 5.56 Å². The summed E-state index contributed by atoms with van der Waals surface area (Å²) in [7, 11) is 0. The molecule has 1 aromatic rings. The normalized spacial score (nSPS) is 12.1. The molecule has 0 N–H and O–H groups in total. The lowest BCUT2D eigenvalue weighted by Gasteiger charge is -2.17. The highest BCUT2D eigenvalue weighted by Crippen LogP contribution is 2.33. The summed E-state index contributed by atoms with van der Waals surface area (Å²) in [5, 5.41) is 0. The van der Waals surface area contributed by atoms with Crippen molar-refractivity contribution in [3.05, 3.63) is 35.4 Å². The lowest BCUT2D eigenvalue weighted by molar-refractivity contribution is -0.137. The SMILES string of the molecule is CCCC(CCC)c1cccc(C(F)(F)F)c1. The van der Waals surface area contributed by atoms with Crippen molar-refractivity contribution in [1.82, 2.24) is 0 Å². The fourth-order valence-electron chi connectivity index (χ4n) is 2.14. The third-order valence-electron chi connectivity index (χ3n) is 2.96. The summed E-state index contributed by atoms with van der Waals surface area (Å²) in [5.41, 5.74) is 0.288. The van der Waals surface area contributed by atoms with Crippen LogP contribution in [0.5, 0.6) is 0 Å². The Kier molecular flexibility index (Phi) is 5.03. The van der Waals surface area contributed by atoms with Crippen molar-refractivity contribution < 1.29 is 13.2 Å². The summed E-state index contributed by atoms with van der Waals surface area (Å²) in [4.78, 5) is 0. The molecule has 0 bridgehead atoms. The second-order valence-electron chi connectivity index (χ2n) is 4.40. The Morgan fingerprint density at radius 3 is 2.12 bits per heavy atom. The van der Waals surface area contributed by atoms with Crippen LogP contribution in [0.15, 0.2) is 24.3 Å². The molecule has 0 spiro atoms. The quantitative estimate of drug-likeness (QED) is 0.651. The van der Waals surface area contributed by atoms with Crippen molar-refractivity contribution in [2.75, 3.05) is 0 Å². The second-order valence-corrected chi connectivity index (χ2v) is 4.40. The maximum atomic E-state index is 12.6. The van der Waals surface area contributed by atoms with E-state index in [1.165, 1.54) is 12.1 Å². The zero-order valence-electron chi connectivity index (χ0n) is 10.3. The molecule has 0 atom stereocenters. The number of hydrogen-bond donors (Lipinski definition) is 0. The highest BCUT2D eigenvalue weighted by molar-refractivity contribution is 5.28. The van der Waals surface area contributed by atoms with Gasteiger partial charge in [0.1, 0.15) is 0 Å². The Bertz CT molecular complexity index is 336. The molecule has 17 heavy (non-hydrogen) atoms. The number of hydrogen-bond acceptors (Lipinski definition) is 0. The Balaban J connectivity index is 2.95. The summed E-state index contributed by atoms with van der Waals surface area (Å²) >= 11 is 0. The highest BCUT2D eigenvalue weighted by Gasteiger charge is 2.30. The lowest BCUT2D eigenvalue weighted by Crippen LogP contribution is -2.07. The van der Waals surface area contributed by atoms with Crippen LogP contribution in [0.1, 0.15) is 56.6 Å². The van der Waals surface area contributed by atoms with Crippen molar-refractivity contribution in [2.24, 2.45) is 0 Å². The smallest absolute Gasteiger partial charge is 0.166 e. The Hall–Kier alpha value is -0.990. The monoisotopic (exact) mass is 244 g/mol. The molecular weight excluding hydrogens is 225 g/mol. The standard InChI is InChI=1S/C14H19F3/c1-3-6-11(7-4-2)12-8-5-9-13(10-12)14(15,16)17/h5,8-11H,3-4,6-7H2,1-2H3. The molecule has 0 aliphatic heterocycles. The molecule has 0 radical (unpaired) electrons. The van der Waals surface area contributed by atoms with Gasteiger partial charge in [0.15, 0.2) is 0 Å². The molecule has 1 rings (SSSR count). The average Bonchev–Trinajstić information content (AvgIpc) is 2.28. The fourth-order valence-corrected chi connectivity index (χ4v) is 2.14. The number of halogens is 3. The van der Waals surface area contributed by atoms with Gasteiger partial charge in [-0.15, -0.1) is 0 Å². The van der Waals surface area contributed by atoms with E-state index in [-0.39, 0.29) is 5.92 Å². The molecular formula is C14H19F3. The van der Waals surface area contributed by atoms with Crippen LogP contribution in [-0.2, 0) is 6.18 Å². The Labute approximate surface area is 101 Å². The van der Waals surface area contributed by atoms with Gasteiger partial charge in [0, 0.05) is 0 Å². The molecule has 0 fully saturated rings. The molecule has 3 heteroatoms. The number of benzene rings is 1. The fraction of sp³-hybridized carbons (Fsp3) is 0.571. The predicted octanol–water partition coefficient (Wildman–Crippen LogP) is 5.39. The van der Waals surface area contributed by atoms with Crippen LogP contribution in [0, 0.1) is 0 Å². The van der Waals surface area contributed by atoms with Gasteiger partial charge in [-0.05, 0) is 30.4 Å². The van der Waals surface area contributed by atoms with Crippen LogP contribution >= 0.6 is 0 Å². The van der Waals surface area contributed by atoms with Gasteiger partial charge >= 0.3 is 6.18 Å². The third kappa shape index (κ3) is 4.06. The van der Waals surface area contributed by atoms with E-state index in [9.17, 15) is 13.2 Å². The van der Waals surface area contributed by atoms with E-state index in [2.05, 4.69) is 13.8 Å². The largest absolute Gasteiger partial charge is 0.416 e. The second kappa shape index (κ2) is 6.08. The minimum Gasteiger partial charge on any atom is -0.166 e. The zero-order valence-corrected chi connectivity index (χ0v) is 10.3. The van der Waals surface area contributed by atoms with E-state index in [1.807, 2.05) is 6.07 Å². The predicted molar refractivity (Wildman–Crippen MR) is 64.0 cm³/mol. The molecule has 0 aliphatic rings. The van der Waals surface area contributed by atoms with Crippen molar-refractivity contribution in [1.29, 1.82) is 0 Å². The van der Waals surface area contributed by atoms with Crippen molar-refractivity contribution >= 4 is 0 Å². The van der Waals surface area contributed by atoms with E-state index in [0.717, 1.165) is 37.3 Å². The van der Waals surface area contributed by atoms with Gasteiger partial charge in [-0.25, -0.2) is 0 Å². The minimum atomic E-state index is -4.24. The van der Waals surface area contributed by atoms with Crippen LogP contribution in [0.2, 0.25) is 0 Å². The third-order valence-corrected chi connectivity index (χ3v) is 2.96. The minimum absolute atomic E-state index is 0.257. The molecule has 0 heterocycles. The first-order valence-electron chi connectivity index (χ1n) is 6.16. The number of rotatable bonds is 5. The highest BCUT2D eigenvalue weighted by atomic mass is 19.4. The van der Waals surface area contributed by atoms with Crippen LogP contribution in [0.4, 0.5) is 13.2 Å². The Morgan fingerprint density at radius 2 is 1.65 bits per heavy atom. The van der Waals surface area contributed by atoms with E-state index < -0.39 is 11.7 Å². The van der Waals surface area contributed by atoms with E-state index in [0.29, 0.717) is 0 Å². The van der Waals surface area contributed by atoms with E-state index in [1.54, 1.807) is 0 Å². The molecule has 0 aliphatic carbocycles. The summed E-state index contributed by atoms with van der Waals surface area (Å²) in [6.07, 6.45) is -0.328. The molecule has 96 valence electrons. The topological polar surface area (TPSA) is 0 Å². The van der Waals surface area contributed by atoms with Crippen LogP contribution in [0.3, 0.4) is 0 Å². The van der Waals surface area contributed by atoms with Gasteiger partial charge in [-0.2, -0.15) is 13.2 Å². The van der Waals surface area contributed by atoms with Crippen molar-refractivity contribution in [3.63, 3.8) is 0 Å². The lowest BCUT2D eigenvalue weighted by atomic mass is 9.89. The van der Waals surface area contributed by atoms with Gasteiger partial charge in [-0.3, -0.25) is 0 Å². The molecule has 0 amide bonds. The van der Waals surface area contributed by atoms with Gasteiger partial charge in [0.25, 0.3) is 0 Å². The summed E-state index contributed by atoms with van der Waals surface area (Å²) in [5.74, 6) is 0.257. The van der Waals surface area contributed by atoms with Gasteiger partial charge in [0.2, 0.25) is 0 Å². The summed E-state index contributed by atoms with van der Waals surface area (Å²) in [6, 6.07) is 5.76. The first-order valence-corrected chi connectivity index (χ1v) is 6.16. The van der Waals surface area contributed by atoms with Crippen molar-refractivity contribution in [3.8, 4) is 0 Å². The maximum Gasteiger partial charge on any atom is 0.416 e. The van der Waals surface area contributed by atoms with Crippen LogP contribution < -0.4 is 0 Å². The van der Waals surface area contributed by atoms with Gasteiger partial charge < -0.3 is 0 Å². The molecule has 0 unspecified atom stereocenters. The maximum absolute atomic E-state index is 12.6. The van der Waals surface area contributed by atoms with Crippen molar-refractivity contribution in [2.45, 2.75) is 51.6 Å². The molecule has 0 saturated heterocycles. The molecule has 0 aromatic heterocycles. The average molecular weight is 244 g/mol. The molecule has 1 aromatic carbocycles. The first-order chi connectivity index (χ1) is 7.99.